The quantitative estimate of drug-likeness (QED) is 0.210. The van der Waals surface area contributed by atoms with Crippen LogP contribution in [0.25, 0.3) is 0 Å². The smallest absolute Gasteiger partial charge is 0.309 e. The van der Waals surface area contributed by atoms with Crippen LogP contribution in [-0.2, 0) is 18.4 Å². The van der Waals surface area contributed by atoms with Crippen molar-refractivity contribution >= 4 is 13.4 Å². The van der Waals surface area contributed by atoms with Crippen LogP contribution in [0.1, 0.15) is 79.1 Å². The Morgan fingerprint density at radius 3 is 1.96 bits per heavy atom. The lowest BCUT2D eigenvalue weighted by atomic mass is 10.0. The maximum absolute atomic E-state index is 12.3. The van der Waals surface area contributed by atoms with Gasteiger partial charge in [-0.2, -0.15) is 0 Å². The first-order chi connectivity index (χ1) is 11.0. The van der Waals surface area contributed by atoms with Gasteiger partial charge in [0.05, 0.1) is 13.2 Å². The van der Waals surface area contributed by atoms with Crippen molar-refractivity contribution < 1.29 is 18.4 Å². The topological polar surface area (TPSA) is 52.6 Å². The zero-order valence-corrected chi connectivity index (χ0v) is 16.3. The SMILES string of the molecule is CCCCCCCCC/C(C)=C\C(=O)CP(=O)(OCC)OCC. The van der Waals surface area contributed by atoms with E-state index in [0.29, 0.717) is 0 Å². The summed E-state index contributed by atoms with van der Waals surface area (Å²) in [4.78, 5) is 12.0. The number of hydrogen-bond donors (Lipinski definition) is 0. The van der Waals surface area contributed by atoms with Crippen molar-refractivity contribution in [2.75, 3.05) is 19.4 Å². The Hall–Kier alpha value is -0.440. The number of unbranched alkanes of at least 4 members (excludes halogenated alkanes) is 6. The second-order valence-electron chi connectivity index (χ2n) is 5.93. The Morgan fingerprint density at radius 1 is 0.913 bits per heavy atom. The van der Waals surface area contributed by atoms with Gasteiger partial charge in [-0.25, -0.2) is 0 Å². The maximum atomic E-state index is 12.3. The van der Waals surface area contributed by atoms with E-state index in [2.05, 4.69) is 6.92 Å². The summed E-state index contributed by atoms with van der Waals surface area (Å²) in [6.45, 7) is 8.24. The minimum atomic E-state index is -3.27. The van der Waals surface area contributed by atoms with Crippen molar-refractivity contribution in [3.8, 4) is 0 Å². The van der Waals surface area contributed by atoms with Crippen LogP contribution in [0.5, 0.6) is 0 Å². The third kappa shape index (κ3) is 12.6. The van der Waals surface area contributed by atoms with Crippen molar-refractivity contribution in [1.82, 2.24) is 0 Å². The molecule has 0 aliphatic heterocycles. The van der Waals surface area contributed by atoms with E-state index in [4.69, 9.17) is 9.05 Å². The highest BCUT2D eigenvalue weighted by Crippen LogP contribution is 2.47. The van der Waals surface area contributed by atoms with Crippen LogP contribution in [0.2, 0.25) is 0 Å². The maximum Gasteiger partial charge on any atom is 0.338 e. The zero-order chi connectivity index (χ0) is 17.6. The highest BCUT2D eigenvalue weighted by Gasteiger charge is 2.26. The molecule has 0 aliphatic carbocycles. The molecule has 0 atom stereocenters. The molecule has 0 aliphatic rings. The molecule has 0 heterocycles. The molecule has 4 nitrogen and oxygen atoms in total. The van der Waals surface area contributed by atoms with E-state index in [0.717, 1.165) is 18.4 Å². The fourth-order valence-electron chi connectivity index (χ4n) is 2.47. The minimum Gasteiger partial charge on any atom is -0.309 e. The predicted octanol–water partition coefficient (Wildman–Crippen LogP) is 5.91. The van der Waals surface area contributed by atoms with E-state index >= 15 is 0 Å². The monoisotopic (exact) mass is 346 g/mol. The second kappa shape index (κ2) is 13.9. The van der Waals surface area contributed by atoms with Gasteiger partial charge < -0.3 is 9.05 Å². The molecule has 0 saturated carbocycles. The fourth-order valence-corrected chi connectivity index (χ4v) is 3.98. The van der Waals surface area contributed by atoms with Crippen molar-refractivity contribution in [1.29, 1.82) is 0 Å². The minimum absolute atomic E-state index is 0.164. The lowest BCUT2D eigenvalue weighted by molar-refractivity contribution is -0.112. The summed E-state index contributed by atoms with van der Waals surface area (Å²) in [5.74, 6) is -0.171. The van der Waals surface area contributed by atoms with Crippen LogP contribution in [0.15, 0.2) is 11.6 Å². The van der Waals surface area contributed by atoms with E-state index in [9.17, 15) is 9.36 Å². The van der Waals surface area contributed by atoms with Gasteiger partial charge in [0.25, 0.3) is 0 Å². The standard InChI is InChI=1S/C18H35O4P/c1-5-8-9-10-11-12-13-14-17(4)15-18(19)16-23(20,21-6-2)22-7-3/h15H,5-14,16H2,1-4H3/b17-15-. The van der Waals surface area contributed by atoms with Crippen LogP contribution < -0.4 is 0 Å². The summed E-state index contributed by atoms with van der Waals surface area (Å²) in [7, 11) is -3.27. The number of carbonyl (C=O) groups excluding carboxylic acids is 1. The zero-order valence-electron chi connectivity index (χ0n) is 15.4. The number of hydrogen-bond acceptors (Lipinski definition) is 4. The van der Waals surface area contributed by atoms with Crippen LogP contribution in [0.3, 0.4) is 0 Å². The molecule has 136 valence electrons. The summed E-state index contributed by atoms with van der Waals surface area (Å²) < 4.78 is 22.6. The van der Waals surface area contributed by atoms with Crippen molar-refractivity contribution in [2.45, 2.75) is 79.1 Å². The van der Waals surface area contributed by atoms with Gasteiger partial charge in [0.1, 0.15) is 6.16 Å². The van der Waals surface area contributed by atoms with E-state index < -0.39 is 7.60 Å². The lowest BCUT2D eigenvalue weighted by Crippen LogP contribution is -2.08. The summed E-state index contributed by atoms with van der Waals surface area (Å²) in [5, 5.41) is 0. The van der Waals surface area contributed by atoms with Gasteiger partial charge in [-0.05, 0) is 39.7 Å². The predicted molar refractivity (Wildman–Crippen MR) is 97.1 cm³/mol. The summed E-state index contributed by atoms with van der Waals surface area (Å²) in [5.41, 5.74) is 1.04. The Morgan fingerprint density at radius 2 is 1.43 bits per heavy atom. The molecule has 0 amide bonds. The first kappa shape index (κ1) is 22.6. The normalized spacial score (nSPS) is 12.6. The molecular weight excluding hydrogens is 311 g/mol. The van der Waals surface area contributed by atoms with Gasteiger partial charge in [-0.3, -0.25) is 9.36 Å². The van der Waals surface area contributed by atoms with Crippen LogP contribution in [0.4, 0.5) is 0 Å². The van der Waals surface area contributed by atoms with Gasteiger partial charge in [-0.15, -0.1) is 0 Å². The molecule has 0 spiro atoms. The first-order valence-electron chi connectivity index (χ1n) is 9.05. The lowest BCUT2D eigenvalue weighted by Gasteiger charge is -2.15. The Bertz CT molecular complexity index is 380. The molecule has 0 radical (unpaired) electrons. The molecule has 0 N–H and O–H groups in total. The molecule has 0 aromatic carbocycles. The van der Waals surface area contributed by atoms with Crippen LogP contribution >= 0.6 is 7.60 Å². The number of rotatable bonds is 15. The van der Waals surface area contributed by atoms with Gasteiger partial charge in [0.2, 0.25) is 0 Å². The van der Waals surface area contributed by atoms with Crippen molar-refractivity contribution in [3.63, 3.8) is 0 Å². The first-order valence-corrected chi connectivity index (χ1v) is 10.8. The number of carbonyl (C=O) groups is 1. The summed E-state index contributed by atoms with van der Waals surface area (Å²) in [6.07, 6.45) is 11.2. The third-order valence-corrected chi connectivity index (χ3v) is 5.59. The highest BCUT2D eigenvalue weighted by atomic mass is 31.2. The van der Waals surface area contributed by atoms with E-state index in [1.54, 1.807) is 19.9 Å². The van der Waals surface area contributed by atoms with Crippen molar-refractivity contribution in [3.05, 3.63) is 11.6 Å². The average molecular weight is 346 g/mol. The Kier molecular flexibility index (Phi) is 13.7. The largest absolute Gasteiger partial charge is 0.338 e. The van der Waals surface area contributed by atoms with E-state index in [-0.39, 0.29) is 25.2 Å². The van der Waals surface area contributed by atoms with E-state index in [1.165, 1.54) is 38.5 Å². The Labute approximate surface area is 142 Å². The van der Waals surface area contributed by atoms with Gasteiger partial charge in [-0.1, -0.05) is 51.0 Å². The molecule has 0 aromatic heterocycles. The molecular formula is C18H35O4P. The third-order valence-electron chi connectivity index (χ3n) is 3.58. The van der Waals surface area contributed by atoms with Gasteiger partial charge in [0.15, 0.2) is 5.78 Å². The van der Waals surface area contributed by atoms with Crippen LogP contribution in [-0.4, -0.2) is 25.2 Å². The molecule has 0 rings (SSSR count). The molecule has 0 aromatic rings. The summed E-state index contributed by atoms with van der Waals surface area (Å²) in [6, 6.07) is 0. The molecule has 5 heteroatoms. The molecule has 0 saturated heterocycles. The Balaban J connectivity index is 4.09. The number of allylic oxidation sites excluding steroid dienone is 2. The average Bonchev–Trinajstić information content (AvgIpc) is 2.46. The summed E-state index contributed by atoms with van der Waals surface area (Å²) >= 11 is 0. The molecule has 23 heavy (non-hydrogen) atoms. The highest BCUT2D eigenvalue weighted by molar-refractivity contribution is 7.54. The number of ketones is 1. The van der Waals surface area contributed by atoms with Gasteiger partial charge in [0, 0.05) is 0 Å². The molecule has 0 bridgehead atoms. The molecule has 0 unspecified atom stereocenters. The fraction of sp³-hybridized carbons (Fsp3) is 0.833. The van der Waals surface area contributed by atoms with Crippen molar-refractivity contribution in [2.24, 2.45) is 0 Å². The van der Waals surface area contributed by atoms with Crippen LogP contribution in [0, 0.1) is 0 Å². The molecule has 0 fully saturated rings. The second-order valence-corrected chi connectivity index (χ2v) is 7.99. The van der Waals surface area contributed by atoms with Gasteiger partial charge >= 0.3 is 7.60 Å². The van der Waals surface area contributed by atoms with E-state index in [1.807, 2.05) is 6.92 Å².